The van der Waals surface area contributed by atoms with Gasteiger partial charge in [-0.3, -0.25) is 14.6 Å². The molecule has 2 aliphatic rings. The fraction of sp³-hybridized carbons (Fsp3) is 0.500. The monoisotopic (exact) mass is 360 g/mol. The number of aromatic amines is 1. The van der Waals surface area contributed by atoms with E-state index in [0.29, 0.717) is 55.3 Å². The summed E-state index contributed by atoms with van der Waals surface area (Å²) in [6.45, 7) is 7.82. The van der Waals surface area contributed by atoms with Crippen LogP contribution in [-0.4, -0.2) is 47.0 Å². The Kier molecular flexibility index (Phi) is 3.86. The number of fused-ring (bicyclic) bond motifs is 1. The number of aromatic nitrogens is 2. The van der Waals surface area contributed by atoms with Crippen LogP contribution in [0.5, 0.6) is 0 Å². The molecule has 0 aromatic carbocycles. The number of carbonyl (C=O) groups is 1. The van der Waals surface area contributed by atoms with Gasteiger partial charge in [0.25, 0.3) is 11.5 Å². The average Bonchev–Trinajstić information content (AvgIpc) is 3.24. The van der Waals surface area contributed by atoms with Gasteiger partial charge in [0.2, 0.25) is 11.8 Å². The van der Waals surface area contributed by atoms with E-state index in [2.05, 4.69) is 9.97 Å². The zero-order valence-electron chi connectivity index (χ0n) is 15.0. The highest BCUT2D eigenvalue weighted by atomic mass is 19.1. The van der Waals surface area contributed by atoms with Gasteiger partial charge in [-0.25, -0.2) is 4.98 Å². The van der Waals surface area contributed by atoms with Gasteiger partial charge in [0.05, 0.1) is 11.3 Å². The standard InChI is InChI=1S/C18H21FN4O3/c1-9-4-14(11(3)26-9)17(25)22-5-12-7-23(8-13(12)6-22)18-20-10(2)15(19)16(24)21-18/h4,12-13H,5-8H2,1-3H3,(H,20,21,24). The number of anilines is 1. The van der Waals surface area contributed by atoms with Crippen molar-refractivity contribution in [2.45, 2.75) is 20.8 Å². The highest BCUT2D eigenvalue weighted by Gasteiger charge is 2.42. The van der Waals surface area contributed by atoms with E-state index in [9.17, 15) is 14.0 Å². The largest absolute Gasteiger partial charge is 0.466 e. The van der Waals surface area contributed by atoms with Crippen molar-refractivity contribution in [2.24, 2.45) is 11.8 Å². The predicted octanol–water partition coefficient (Wildman–Crippen LogP) is 1.64. The third kappa shape index (κ3) is 2.69. The summed E-state index contributed by atoms with van der Waals surface area (Å²) in [6, 6.07) is 1.79. The van der Waals surface area contributed by atoms with Crippen molar-refractivity contribution in [3.8, 4) is 0 Å². The lowest BCUT2D eigenvalue weighted by Crippen LogP contribution is -2.34. The second-order valence-corrected chi connectivity index (χ2v) is 7.25. The van der Waals surface area contributed by atoms with Crippen molar-refractivity contribution in [1.29, 1.82) is 0 Å². The summed E-state index contributed by atoms with van der Waals surface area (Å²) in [6.07, 6.45) is 0. The first kappa shape index (κ1) is 16.8. The Morgan fingerprint density at radius 1 is 1.23 bits per heavy atom. The minimum Gasteiger partial charge on any atom is -0.466 e. The summed E-state index contributed by atoms with van der Waals surface area (Å²) in [7, 11) is 0. The smallest absolute Gasteiger partial charge is 0.288 e. The number of hydrogen-bond donors (Lipinski definition) is 1. The van der Waals surface area contributed by atoms with Crippen LogP contribution in [0.1, 0.15) is 27.6 Å². The van der Waals surface area contributed by atoms with Crippen LogP contribution in [0.2, 0.25) is 0 Å². The Morgan fingerprint density at radius 3 is 2.42 bits per heavy atom. The van der Waals surface area contributed by atoms with E-state index in [0.717, 1.165) is 5.76 Å². The topological polar surface area (TPSA) is 82.4 Å². The Morgan fingerprint density at radius 2 is 1.88 bits per heavy atom. The molecular formula is C18H21FN4O3. The van der Waals surface area contributed by atoms with Crippen molar-refractivity contribution in [2.75, 3.05) is 31.1 Å². The highest BCUT2D eigenvalue weighted by molar-refractivity contribution is 5.95. The van der Waals surface area contributed by atoms with E-state index in [1.807, 2.05) is 16.7 Å². The summed E-state index contributed by atoms with van der Waals surface area (Å²) < 4.78 is 19.0. The zero-order valence-corrected chi connectivity index (χ0v) is 15.0. The van der Waals surface area contributed by atoms with Gasteiger partial charge in [0.15, 0.2) is 0 Å². The molecule has 7 nitrogen and oxygen atoms in total. The van der Waals surface area contributed by atoms with Gasteiger partial charge in [0.1, 0.15) is 11.5 Å². The van der Waals surface area contributed by atoms with E-state index in [-0.39, 0.29) is 11.6 Å². The first-order valence-electron chi connectivity index (χ1n) is 8.71. The molecule has 0 spiro atoms. The fourth-order valence-electron chi connectivity index (χ4n) is 4.05. The van der Waals surface area contributed by atoms with Crippen molar-refractivity contribution in [1.82, 2.24) is 14.9 Å². The lowest BCUT2D eigenvalue weighted by atomic mass is 10.0. The molecule has 2 aromatic heterocycles. The number of halogens is 1. The quantitative estimate of drug-likeness (QED) is 0.880. The van der Waals surface area contributed by atoms with Gasteiger partial charge < -0.3 is 14.2 Å². The maximum absolute atomic E-state index is 13.5. The van der Waals surface area contributed by atoms with Gasteiger partial charge >= 0.3 is 0 Å². The number of aryl methyl sites for hydroxylation is 3. The number of carbonyl (C=O) groups excluding carboxylic acids is 1. The molecule has 2 aliphatic heterocycles. The molecule has 0 aliphatic carbocycles. The van der Waals surface area contributed by atoms with Gasteiger partial charge in [-0.1, -0.05) is 0 Å². The molecule has 8 heteroatoms. The van der Waals surface area contributed by atoms with Crippen LogP contribution >= 0.6 is 0 Å². The third-order valence-electron chi connectivity index (χ3n) is 5.36. The number of H-pyrrole nitrogens is 1. The lowest BCUT2D eigenvalue weighted by Gasteiger charge is -2.22. The van der Waals surface area contributed by atoms with Crippen LogP contribution in [0.3, 0.4) is 0 Å². The van der Waals surface area contributed by atoms with E-state index in [4.69, 9.17) is 4.42 Å². The van der Waals surface area contributed by atoms with Gasteiger partial charge in [-0.15, -0.1) is 0 Å². The second kappa shape index (κ2) is 5.96. The first-order valence-corrected chi connectivity index (χ1v) is 8.71. The van der Waals surface area contributed by atoms with Gasteiger partial charge in [0, 0.05) is 38.0 Å². The number of nitrogens with one attached hydrogen (secondary N) is 1. The molecule has 0 bridgehead atoms. The molecule has 1 amide bonds. The van der Waals surface area contributed by atoms with Crippen molar-refractivity contribution < 1.29 is 13.6 Å². The molecule has 2 aromatic rings. The number of amides is 1. The van der Waals surface area contributed by atoms with Crippen molar-refractivity contribution >= 4 is 11.9 Å². The van der Waals surface area contributed by atoms with Crippen LogP contribution in [0.15, 0.2) is 15.3 Å². The molecule has 2 fully saturated rings. The molecule has 4 rings (SSSR count). The molecule has 26 heavy (non-hydrogen) atoms. The number of furan rings is 1. The van der Waals surface area contributed by atoms with Gasteiger partial charge in [-0.05, 0) is 26.8 Å². The number of likely N-dealkylation sites (tertiary alicyclic amines) is 1. The summed E-state index contributed by atoms with van der Waals surface area (Å²) in [4.78, 5) is 34.9. The molecule has 4 heterocycles. The lowest BCUT2D eigenvalue weighted by molar-refractivity contribution is 0.0781. The van der Waals surface area contributed by atoms with Crippen LogP contribution < -0.4 is 10.5 Å². The Bertz CT molecular complexity index is 921. The maximum atomic E-state index is 13.5. The third-order valence-corrected chi connectivity index (χ3v) is 5.36. The summed E-state index contributed by atoms with van der Waals surface area (Å²) >= 11 is 0. The molecule has 1 N–H and O–H groups in total. The van der Waals surface area contributed by atoms with Crippen LogP contribution in [-0.2, 0) is 0 Å². The average molecular weight is 360 g/mol. The Labute approximate surface area is 149 Å². The first-order chi connectivity index (χ1) is 12.3. The molecule has 2 unspecified atom stereocenters. The molecular weight excluding hydrogens is 339 g/mol. The minimum absolute atomic E-state index is 0.00413. The van der Waals surface area contributed by atoms with Crippen molar-refractivity contribution in [3.05, 3.63) is 45.0 Å². The van der Waals surface area contributed by atoms with E-state index in [1.165, 1.54) is 6.92 Å². The zero-order chi connectivity index (χ0) is 18.6. The Balaban J connectivity index is 1.47. The number of nitrogens with zero attached hydrogens (tertiary/aromatic N) is 3. The van der Waals surface area contributed by atoms with Crippen LogP contribution in [0.25, 0.3) is 0 Å². The number of hydrogen-bond acceptors (Lipinski definition) is 5. The van der Waals surface area contributed by atoms with Crippen molar-refractivity contribution in [3.63, 3.8) is 0 Å². The molecule has 0 radical (unpaired) electrons. The SMILES string of the molecule is Cc1cc(C(=O)N2CC3CN(c4nc(C)c(F)c(=O)[nH]4)CC3C2)c(C)o1. The normalized spacial score (nSPS) is 22.2. The van der Waals surface area contributed by atoms with E-state index >= 15 is 0 Å². The number of rotatable bonds is 2. The predicted molar refractivity (Wildman–Crippen MR) is 92.8 cm³/mol. The maximum Gasteiger partial charge on any atom is 0.288 e. The van der Waals surface area contributed by atoms with E-state index in [1.54, 1.807) is 13.0 Å². The molecule has 0 saturated carbocycles. The molecule has 2 saturated heterocycles. The highest BCUT2D eigenvalue weighted by Crippen LogP contribution is 2.33. The Hall–Kier alpha value is -2.64. The summed E-state index contributed by atoms with van der Waals surface area (Å²) in [5, 5.41) is 0. The summed E-state index contributed by atoms with van der Waals surface area (Å²) in [5.74, 6) is 1.57. The van der Waals surface area contributed by atoms with Crippen LogP contribution in [0, 0.1) is 38.4 Å². The second-order valence-electron chi connectivity index (χ2n) is 7.25. The molecule has 138 valence electrons. The van der Waals surface area contributed by atoms with Gasteiger partial charge in [-0.2, -0.15) is 4.39 Å². The summed E-state index contributed by atoms with van der Waals surface area (Å²) in [5.41, 5.74) is -0.0185. The van der Waals surface area contributed by atoms with E-state index < -0.39 is 11.4 Å². The minimum atomic E-state index is -0.837. The molecule has 2 atom stereocenters. The van der Waals surface area contributed by atoms with Crippen LogP contribution in [0.4, 0.5) is 10.3 Å². The fourth-order valence-corrected chi connectivity index (χ4v) is 4.05.